The second-order valence-corrected chi connectivity index (χ2v) is 7.05. The topological polar surface area (TPSA) is 44.9 Å². The number of aromatic amines is 1. The first-order chi connectivity index (χ1) is 10.2. The summed E-state index contributed by atoms with van der Waals surface area (Å²) in [6, 6.07) is 4.96. The summed E-state index contributed by atoms with van der Waals surface area (Å²) in [6.45, 7) is 2.38. The standard InChI is InChI=1S/C18H28N2O/c1-13(14-5-3-2-4-6-14)20-17-9-7-15(11-17)16-8-10-18(21)19-12-16/h8,10,12-15,17,20H,2-7,9,11H2,1H3,(H,19,21)/t13-,15?,17+/m1/s1. The average Bonchev–Trinajstić information content (AvgIpc) is 2.97. The zero-order valence-corrected chi connectivity index (χ0v) is 13.1. The summed E-state index contributed by atoms with van der Waals surface area (Å²) in [4.78, 5) is 14.0. The molecule has 0 spiro atoms. The third-order valence-electron chi connectivity index (χ3n) is 5.57. The van der Waals surface area contributed by atoms with Gasteiger partial charge in [0.2, 0.25) is 5.56 Å². The number of hydrogen-bond donors (Lipinski definition) is 2. The molecule has 21 heavy (non-hydrogen) atoms. The Morgan fingerprint density at radius 2 is 1.95 bits per heavy atom. The number of pyridine rings is 1. The second kappa shape index (κ2) is 6.78. The molecule has 0 radical (unpaired) electrons. The molecule has 3 heteroatoms. The molecular weight excluding hydrogens is 260 g/mol. The van der Waals surface area contributed by atoms with Crippen molar-refractivity contribution in [3.63, 3.8) is 0 Å². The minimum absolute atomic E-state index is 0.00246. The molecule has 3 nitrogen and oxygen atoms in total. The molecule has 2 fully saturated rings. The van der Waals surface area contributed by atoms with Crippen LogP contribution in [0.1, 0.15) is 69.8 Å². The van der Waals surface area contributed by atoms with E-state index < -0.39 is 0 Å². The van der Waals surface area contributed by atoms with Crippen LogP contribution in [0.2, 0.25) is 0 Å². The van der Waals surface area contributed by atoms with E-state index in [1.165, 1.54) is 56.9 Å². The molecule has 0 saturated heterocycles. The van der Waals surface area contributed by atoms with E-state index in [1.807, 2.05) is 12.3 Å². The number of aromatic nitrogens is 1. The minimum Gasteiger partial charge on any atom is -0.329 e. The van der Waals surface area contributed by atoms with E-state index in [-0.39, 0.29) is 5.56 Å². The summed E-state index contributed by atoms with van der Waals surface area (Å²) in [5.41, 5.74) is 1.29. The molecule has 0 aliphatic heterocycles. The van der Waals surface area contributed by atoms with Crippen LogP contribution in [0.5, 0.6) is 0 Å². The van der Waals surface area contributed by atoms with Gasteiger partial charge >= 0.3 is 0 Å². The van der Waals surface area contributed by atoms with Gasteiger partial charge in [-0.2, -0.15) is 0 Å². The van der Waals surface area contributed by atoms with Crippen LogP contribution in [0.3, 0.4) is 0 Å². The van der Waals surface area contributed by atoms with Crippen molar-refractivity contribution in [3.05, 3.63) is 34.2 Å². The Morgan fingerprint density at radius 1 is 1.14 bits per heavy atom. The minimum atomic E-state index is -0.00246. The van der Waals surface area contributed by atoms with Crippen molar-refractivity contribution >= 4 is 0 Å². The fourth-order valence-electron chi connectivity index (χ4n) is 4.25. The molecular formula is C18H28N2O. The predicted octanol–water partition coefficient (Wildman–Crippen LogP) is 3.57. The Kier molecular flexibility index (Phi) is 4.79. The summed E-state index contributed by atoms with van der Waals surface area (Å²) in [7, 11) is 0. The molecule has 0 amide bonds. The second-order valence-electron chi connectivity index (χ2n) is 7.05. The molecule has 2 N–H and O–H groups in total. The van der Waals surface area contributed by atoms with E-state index in [0.717, 1.165) is 5.92 Å². The summed E-state index contributed by atoms with van der Waals surface area (Å²) in [6.07, 6.45) is 12.7. The van der Waals surface area contributed by atoms with Gasteiger partial charge in [0.15, 0.2) is 0 Å². The number of nitrogens with one attached hydrogen (secondary N) is 2. The Morgan fingerprint density at radius 3 is 2.67 bits per heavy atom. The summed E-state index contributed by atoms with van der Waals surface area (Å²) in [5, 5.41) is 3.89. The normalized spacial score (nSPS) is 28.6. The quantitative estimate of drug-likeness (QED) is 0.889. The van der Waals surface area contributed by atoms with Gasteiger partial charge in [-0.25, -0.2) is 0 Å². The Balaban J connectivity index is 1.52. The monoisotopic (exact) mass is 288 g/mol. The van der Waals surface area contributed by atoms with Crippen LogP contribution in [-0.4, -0.2) is 17.1 Å². The lowest BCUT2D eigenvalue weighted by Crippen LogP contribution is -2.40. The molecule has 2 aliphatic carbocycles. The van der Waals surface area contributed by atoms with Gasteiger partial charge < -0.3 is 10.3 Å². The maximum Gasteiger partial charge on any atom is 0.247 e. The smallest absolute Gasteiger partial charge is 0.247 e. The SMILES string of the molecule is C[C@@H](N[C@H]1CCC(c2ccc(=O)[nH]c2)C1)C1CCCCC1. The van der Waals surface area contributed by atoms with Crippen molar-refractivity contribution in [2.75, 3.05) is 0 Å². The highest BCUT2D eigenvalue weighted by molar-refractivity contribution is 5.16. The Bertz CT molecular complexity index is 484. The highest BCUT2D eigenvalue weighted by Crippen LogP contribution is 2.35. The van der Waals surface area contributed by atoms with E-state index in [2.05, 4.69) is 17.2 Å². The van der Waals surface area contributed by atoms with Crippen molar-refractivity contribution in [2.24, 2.45) is 5.92 Å². The fraction of sp³-hybridized carbons (Fsp3) is 0.722. The first kappa shape index (κ1) is 14.8. The zero-order valence-electron chi connectivity index (χ0n) is 13.1. The van der Waals surface area contributed by atoms with Crippen molar-refractivity contribution in [3.8, 4) is 0 Å². The summed E-state index contributed by atoms with van der Waals surface area (Å²) < 4.78 is 0. The maximum atomic E-state index is 11.2. The van der Waals surface area contributed by atoms with Crippen LogP contribution in [0, 0.1) is 5.92 Å². The lowest BCUT2D eigenvalue weighted by molar-refractivity contribution is 0.263. The van der Waals surface area contributed by atoms with Crippen LogP contribution in [0.4, 0.5) is 0 Å². The Hall–Kier alpha value is -1.09. The highest BCUT2D eigenvalue weighted by atomic mass is 16.1. The molecule has 0 bridgehead atoms. The van der Waals surface area contributed by atoms with Crippen LogP contribution < -0.4 is 10.9 Å². The lowest BCUT2D eigenvalue weighted by atomic mass is 9.84. The number of rotatable bonds is 4. The van der Waals surface area contributed by atoms with Crippen LogP contribution in [0.25, 0.3) is 0 Å². The molecule has 116 valence electrons. The van der Waals surface area contributed by atoms with Crippen LogP contribution in [-0.2, 0) is 0 Å². The number of hydrogen-bond acceptors (Lipinski definition) is 2. The molecule has 3 atom stereocenters. The Labute approximate surface area is 127 Å². The maximum absolute atomic E-state index is 11.2. The van der Waals surface area contributed by atoms with Gasteiger partial charge in [0, 0.05) is 24.3 Å². The average molecular weight is 288 g/mol. The van der Waals surface area contributed by atoms with E-state index in [0.29, 0.717) is 18.0 Å². The zero-order chi connectivity index (χ0) is 14.7. The van der Waals surface area contributed by atoms with E-state index in [1.54, 1.807) is 6.07 Å². The predicted molar refractivity (Wildman–Crippen MR) is 86.6 cm³/mol. The van der Waals surface area contributed by atoms with Gasteiger partial charge in [-0.3, -0.25) is 4.79 Å². The van der Waals surface area contributed by atoms with E-state index in [9.17, 15) is 4.79 Å². The van der Waals surface area contributed by atoms with E-state index in [4.69, 9.17) is 0 Å². The van der Waals surface area contributed by atoms with Gasteiger partial charge in [-0.05, 0) is 56.4 Å². The van der Waals surface area contributed by atoms with Gasteiger partial charge in [-0.15, -0.1) is 0 Å². The first-order valence-corrected chi connectivity index (χ1v) is 8.67. The van der Waals surface area contributed by atoms with Gasteiger partial charge in [0.05, 0.1) is 0 Å². The molecule has 1 unspecified atom stereocenters. The van der Waals surface area contributed by atoms with E-state index >= 15 is 0 Å². The van der Waals surface area contributed by atoms with Crippen molar-refractivity contribution in [1.82, 2.24) is 10.3 Å². The highest BCUT2D eigenvalue weighted by Gasteiger charge is 2.29. The van der Waals surface area contributed by atoms with Gasteiger partial charge in [0.25, 0.3) is 0 Å². The molecule has 1 aromatic heterocycles. The third kappa shape index (κ3) is 3.76. The fourth-order valence-corrected chi connectivity index (χ4v) is 4.25. The number of H-pyrrole nitrogens is 1. The molecule has 2 saturated carbocycles. The van der Waals surface area contributed by atoms with Crippen LogP contribution in [0.15, 0.2) is 23.1 Å². The summed E-state index contributed by atoms with van der Waals surface area (Å²) in [5.74, 6) is 1.49. The molecule has 3 rings (SSSR count). The molecule has 0 aromatic carbocycles. The van der Waals surface area contributed by atoms with Crippen molar-refractivity contribution < 1.29 is 0 Å². The lowest BCUT2D eigenvalue weighted by Gasteiger charge is -2.30. The van der Waals surface area contributed by atoms with Crippen LogP contribution >= 0.6 is 0 Å². The molecule has 1 heterocycles. The first-order valence-electron chi connectivity index (χ1n) is 8.67. The third-order valence-corrected chi connectivity index (χ3v) is 5.57. The molecule has 2 aliphatic rings. The largest absolute Gasteiger partial charge is 0.329 e. The molecule has 1 aromatic rings. The summed E-state index contributed by atoms with van der Waals surface area (Å²) >= 11 is 0. The van der Waals surface area contributed by atoms with Crippen molar-refractivity contribution in [1.29, 1.82) is 0 Å². The van der Waals surface area contributed by atoms with Gasteiger partial charge in [-0.1, -0.05) is 25.3 Å². The van der Waals surface area contributed by atoms with Gasteiger partial charge in [0.1, 0.15) is 0 Å². The van der Waals surface area contributed by atoms with Crippen molar-refractivity contribution in [2.45, 2.75) is 76.3 Å².